The van der Waals surface area contributed by atoms with Crippen LogP contribution in [0.4, 0.5) is 0 Å². The van der Waals surface area contributed by atoms with Gasteiger partial charge in [0.15, 0.2) is 0 Å². The predicted molar refractivity (Wildman–Crippen MR) is 88.5 cm³/mol. The van der Waals surface area contributed by atoms with Crippen molar-refractivity contribution in [2.45, 2.75) is 45.6 Å². The highest BCUT2D eigenvalue weighted by atomic mass is 15.0. The second-order valence-electron chi connectivity index (χ2n) is 5.83. The number of nitrogens with zero attached hydrogens (tertiary/aromatic N) is 2. The van der Waals surface area contributed by atoms with Crippen LogP contribution < -0.4 is 5.32 Å². The van der Waals surface area contributed by atoms with Gasteiger partial charge in [0, 0.05) is 31.9 Å². The number of hydrogen-bond donors (Lipinski definition) is 1. The number of imidazole rings is 1. The molecule has 114 valence electrons. The van der Waals surface area contributed by atoms with Gasteiger partial charge in [-0.25, -0.2) is 4.98 Å². The lowest BCUT2D eigenvalue weighted by atomic mass is 10.0. The molecule has 0 bridgehead atoms. The predicted octanol–water partition coefficient (Wildman–Crippen LogP) is 3.27. The quantitative estimate of drug-likeness (QED) is 0.806. The van der Waals surface area contributed by atoms with Crippen molar-refractivity contribution >= 4 is 0 Å². The Morgan fingerprint density at radius 2 is 2.00 bits per heavy atom. The minimum absolute atomic E-state index is 0.518. The smallest absolute Gasteiger partial charge is 0.108 e. The summed E-state index contributed by atoms with van der Waals surface area (Å²) in [6.07, 6.45) is 8.31. The zero-order chi connectivity index (χ0) is 15.1. The average Bonchev–Trinajstić information content (AvgIpc) is 2.89. The fraction of sp³-hybridized carbons (Fsp3) is 0.500. The standard InChI is InChI=1S/C18H27N3/c1-4-11-19-17(9-10-18-20-12-13-21(18)3)14-16-7-5-15(2)6-8-16/h5-8,12-13,17,19H,4,9-11,14H2,1-3H3. The van der Waals surface area contributed by atoms with Crippen LogP contribution >= 0.6 is 0 Å². The van der Waals surface area contributed by atoms with Gasteiger partial charge in [0.05, 0.1) is 0 Å². The summed E-state index contributed by atoms with van der Waals surface area (Å²) < 4.78 is 2.11. The van der Waals surface area contributed by atoms with E-state index in [2.05, 4.69) is 60.0 Å². The van der Waals surface area contributed by atoms with E-state index in [0.717, 1.165) is 25.8 Å². The van der Waals surface area contributed by atoms with E-state index in [4.69, 9.17) is 0 Å². The molecule has 0 fully saturated rings. The first-order valence-corrected chi connectivity index (χ1v) is 7.94. The van der Waals surface area contributed by atoms with Crippen molar-refractivity contribution in [2.75, 3.05) is 6.54 Å². The minimum atomic E-state index is 0.518. The lowest BCUT2D eigenvalue weighted by Crippen LogP contribution is -2.32. The van der Waals surface area contributed by atoms with Crippen LogP contribution in [-0.2, 0) is 19.9 Å². The van der Waals surface area contributed by atoms with Crippen LogP contribution in [0.5, 0.6) is 0 Å². The maximum Gasteiger partial charge on any atom is 0.108 e. The van der Waals surface area contributed by atoms with Crippen LogP contribution in [0.1, 0.15) is 36.7 Å². The van der Waals surface area contributed by atoms with Crippen LogP contribution in [0.3, 0.4) is 0 Å². The largest absolute Gasteiger partial charge is 0.338 e. The summed E-state index contributed by atoms with van der Waals surface area (Å²) in [5, 5.41) is 3.68. The summed E-state index contributed by atoms with van der Waals surface area (Å²) >= 11 is 0. The van der Waals surface area contributed by atoms with Crippen LogP contribution in [-0.4, -0.2) is 22.1 Å². The Kier molecular flexibility index (Phi) is 6.00. The molecule has 2 rings (SSSR count). The summed E-state index contributed by atoms with van der Waals surface area (Å²) in [4.78, 5) is 4.42. The molecule has 1 aromatic carbocycles. The number of rotatable bonds is 8. The van der Waals surface area contributed by atoms with Crippen LogP contribution in [0.25, 0.3) is 0 Å². The molecule has 0 spiro atoms. The van der Waals surface area contributed by atoms with E-state index < -0.39 is 0 Å². The van der Waals surface area contributed by atoms with Gasteiger partial charge in [-0.2, -0.15) is 0 Å². The van der Waals surface area contributed by atoms with Crippen molar-refractivity contribution < 1.29 is 0 Å². The van der Waals surface area contributed by atoms with Gasteiger partial charge < -0.3 is 9.88 Å². The van der Waals surface area contributed by atoms with Crippen molar-refractivity contribution in [3.63, 3.8) is 0 Å². The maximum atomic E-state index is 4.42. The molecule has 0 saturated heterocycles. The molecule has 0 radical (unpaired) electrons. The van der Waals surface area contributed by atoms with Gasteiger partial charge in [-0.1, -0.05) is 36.8 Å². The first-order valence-electron chi connectivity index (χ1n) is 7.94. The van der Waals surface area contributed by atoms with Crippen molar-refractivity contribution in [1.82, 2.24) is 14.9 Å². The van der Waals surface area contributed by atoms with Gasteiger partial charge in [0.2, 0.25) is 0 Å². The van der Waals surface area contributed by atoms with E-state index in [9.17, 15) is 0 Å². The fourth-order valence-corrected chi connectivity index (χ4v) is 2.57. The molecule has 1 atom stereocenters. The molecule has 0 saturated carbocycles. The Labute approximate surface area is 128 Å². The fourth-order valence-electron chi connectivity index (χ4n) is 2.57. The summed E-state index contributed by atoms with van der Waals surface area (Å²) in [5.74, 6) is 1.17. The van der Waals surface area contributed by atoms with Crippen LogP contribution in [0.2, 0.25) is 0 Å². The zero-order valence-corrected chi connectivity index (χ0v) is 13.5. The molecular formula is C18H27N3. The molecule has 3 nitrogen and oxygen atoms in total. The summed E-state index contributed by atoms with van der Waals surface area (Å²) in [5.41, 5.74) is 2.74. The lowest BCUT2D eigenvalue weighted by Gasteiger charge is -2.18. The highest BCUT2D eigenvalue weighted by Gasteiger charge is 2.10. The van der Waals surface area contributed by atoms with Crippen molar-refractivity contribution in [3.8, 4) is 0 Å². The SMILES string of the molecule is CCCNC(CCc1nccn1C)Cc1ccc(C)cc1. The Balaban J connectivity index is 1.93. The molecule has 2 aromatic rings. The molecule has 1 N–H and O–H groups in total. The molecule has 21 heavy (non-hydrogen) atoms. The number of nitrogens with one attached hydrogen (secondary N) is 1. The van der Waals surface area contributed by atoms with E-state index in [1.807, 2.05) is 12.4 Å². The van der Waals surface area contributed by atoms with Gasteiger partial charge in [0.25, 0.3) is 0 Å². The Hall–Kier alpha value is -1.61. The molecule has 0 amide bonds. The van der Waals surface area contributed by atoms with E-state index in [-0.39, 0.29) is 0 Å². The normalized spacial score (nSPS) is 12.5. The first-order chi connectivity index (χ1) is 10.2. The van der Waals surface area contributed by atoms with E-state index >= 15 is 0 Å². The number of benzene rings is 1. The van der Waals surface area contributed by atoms with Gasteiger partial charge >= 0.3 is 0 Å². The van der Waals surface area contributed by atoms with Crippen LogP contribution in [0.15, 0.2) is 36.7 Å². The van der Waals surface area contributed by atoms with Crippen LogP contribution in [0, 0.1) is 6.92 Å². The third-order valence-electron chi connectivity index (χ3n) is 3.92. The molecule has 1 aromatic heterocycles. The highest BCUT2D eigenvalue weighted by Crippen LogP contribution is 2.10. The van der Waals surface area contributed by atoms with Gasteiger partial charge in [0.1, 0.15) is 5.82 Å². The number of hydrogen-bond acceptors (Lipinski definition) is 2. The number of aromatic nitrogens is 2. The van der Waals surface area contributed by atoms with Gasteiger partial charge in [-0.15, -0.1) is 0 Å². The second-order valence-corrected chi connectivity index (χ2v) is 5.83. The van der Waals surface area contributed by atoms with E-state index in [1.165, 1.54) is 23.4 Å². The third-order valence-corrected chi connectivity index (χ3v) is 3.92. The molecule has 0 aliphatic rings. The first kappa shape index (κ1) is 15.8. The van der Waals surface area contributed by atoms with Gasteiger partial charge in [-0.3, -0.25) is 0 Å². The van der Waals surface area contributed by atoms with Crippen molar-refractivity contribution in [2.24, 2.45) is 7.05 Å². The average molecular weight is 285 g/mol. The Bertz CT molecular complexity index is 528. The summed E-state index contributed by atoms with van der Waals surface area (Å²) in [6.45, 7) is 5.43. The molecule has 1 heterocycles. The van der Waals surface area contributed by atoms with E-state index in [1.54, 1.807) is 0 Å². The third kappa shape index (κ3) is 5.01. The molecule has 1 unspecified atom stereocenters. The van der Waals surface area contributed by atoms with Gasteiger partial charge in [-0.05, 0) is 38.3 Å². The lowest BCUT2D eigenvalue weighted by molar-refractivity contribution is 0.471. The van der Waals surface area contributed by atoms with E-state index in [0.29, 0.717) is 6.04 Å². The highest BCUT2D eigenvalue weighted by molar-refractivity contribution is 5.22. The topological polar surface area (TPSA) is 29.9 Å². The van der Waals surface area contributed by atoms with Crippen molar-refractivity contribution in [3.05, 3.63) is 53.6 Å². The summed E-state index contributed by atoms with van der Waals surface area (Å²) in [7, 11) is 2.07. The maximum absolute atomic E-state index is 4.42. The number of aryl methyl sites for hydroxylation is 3. The minimum Gasteiger partial charge on any atom is -0.338 e. The molecular weight excluding hydrogens is 258 g/mol. The molecule has 3 heteroatoms. The molecule has 0 aliphatic carbocycles. The van der Waals surface area contributed by atoms with Crippen molar-refractivity contribution in [1.29, 1.82) is 0 Å². The zero-order valence-electron chi connectivity index (χ0n) is 13.5. The Morgan fingerprint density at radius 1 is 1.24 bits per heavy atom. The monoisotopic (exact) mass is 285 g/mol. The second kappa shape index (κ2) is 7.99. The summed E-state index contributed by atoms with van der Waals surface area (Å²) in [6, 6.07) is 9.41. The Morgan fingerprint density at radius 3 is 2.62 bits per heavy atom. The molecule has 0 aliphatic heterocycles.